The van der Waals surface area contributed by atoms with Crippen LogP contribution in [0.1, 0.15) is 27.2 Å². The van der Waals surface area contributed by atoms with Gasteiger partial charge in [0.2, 0.25) is 21.8 Å². The molecule has 7 nitrogen and oxygen atoms in total. The maximum Gasteiger partial charge on any atom is 0.247 e. The first kappa shape index (κ1) is 24.8. The molecule has 1 saturated heterocycles. The molecule has 1 heterocycles. The third-order valence-corrected chi connectivity index (χ3v) is 7.37. The largest absolute Gasteiger partial charge is 0.354 e. The molecule has 1 atom stereocenters. The molecule has 2 amide bonds. The number of piperazine rings is 1. The van der Waals surface area contributed by atoms with E-state index in [2.05, 4.69) is 5.32 Å². The number of nitrogens with zero attached hydrogens (tertiary/aromatic N) is 2. The molecule has 33 heavy (non-hydrogen) atoms. The Morgan fingerprint density at radius 1 is 1.15 bits per heavy atom. The van der Waals surface area contributed by atoms with Gasteiger partial charge in [-0.2, -0.15) is 4.31 Å². The molecule has 1 aliphatic heterocycles. The van der Waals surface area contributed by atoms with Gasteiger partial charge < -0.3 is 5.32 Å². The highest BCUT2D eigenvalue weighted by atomic mass is 32.2. The van der Waals surface area contributed by atoms with Gasteiger partial charge in [0.05, 0.1) is 17.1 Å². The molecule has 0 saturated carbocycles. The third-order valence-electron chi connectivity index (χ3n) is 5.57. The molecule has 2 aromatic carbocycles. The number of anilines is 1. The Morgan fingerprint density at radius 2 is 1.82 bits per heavy atom. The van der Waals surface area contributed by atoms with Gasteiger partial charge in [0.25, 0.3) is 0 Å². The van der Waals surface area contributed by atoms with Crippen molar-refractivity contribution in [3.05, 3.63) is 60.2 Å². The lowest BCUT2D eigenvalue weighted by molar-refractivity contribution is -0.133. The molecular formula is C23H27F2N3O4S. The van der Waals surface area contributed by atoms with Crippen LogP contribution >= 0.6 is 0 Å². The van der Waals surface area contributed by atoms with Crippen LogP contribution in [-0.2, 0) is 19.6 Å². The number of benzene rings is 2. The standard InChI is InChI=1S/C23H27F2N3O4S/c1-16(2)11-12-26-22(30)23(3)15-27(33(31,32)18-7-5-4-6-8-18)14-21(29)28(23)20-10-9-17(24)13-19(20)25/h4-10,13,16H,11-12,14-15H2,1-3H3,(H,26,30)/t23-/m1/s1. The highest BCUT2D eigenvalue weighted by Crippen LogP contribution is 2.34. The lowest BCUT2D eigenvalue weighted by Crippen LogP contribution is -2.70. The zero-order chi connectivity index (χ0) is 24.4. The van der Waals surface area contributed by atoms with Crippen LogP contribution in [0.3, 0.4) is 0 Å². The lowest BCUT2D eigenvalue weighted by Gasteiger charge is -2.46. The second kappa shape index (κ2) is 9.56. The fraction of sp³-hybridized carbons (Fsp3) is 0.391. The number of rotatable bonds is 7. The van der Waals surface area contributed by atoms with E-state index in [1.807, 2.05) is 13.8 Å². The summed E-state index contributed by atoms with van der Waals surface area (Å²) >= 11 is 0. The van der Waals surface area contributed by atoms with Crippen LogP contribution in [0.2, 0.25) is 0 Å². The first-order valence-electron chi connectivity index (χ1n) is 10.6. The molecule has 1 fully saturated rings. The van der Waals surface area contributed by atoms with Gasteiger partial charge in [0, 0.05) is 19.2 Å². The van der Waals surface area contributed by atoms with Crippen molar-refractivity contribution in [2.75, 3.05) is 24.5 Å². The minimum Gasteiger partial charge on any atom is -0.354 e. The Morgan fingerprint density at radius 3 is 2.42 bits per heavy atom. The number of halogens is 2. The number of carbonyl (C=O) groups excluding carboxylic acids is 2. The van der Waals surface area contributed by atoms with Crippen LogP contribution in [0.5, 0.6) is 0 Å². The van der Waals surface area contributed by atoms with Crippen molar-refractivity contribution in [2.45, 2.75) is 37.6 Å². The average molecular weight is 480 g/mol. The van der Waals surface area contributed by atoms with Crippen molar-refractivity contribution < 1.29 is 26.8 Å². The van der Waals surface area contributed by atoms with Crippen molar-refractivity contribution in [3.63, 3.8) is 0 Å². The fourth-order valence-corrected chi connectivity index (χ4v) is 5.28. The van der Waals surface area contributed by atoms with E-state index in [0.717, 1.165) is 21.3 Å². The van der Waals surface area contributed by atoms with E-state index in [1.54, 1.807) is 18.2 Å². The van der Waals surface area contributed by atoms with Gasteiger partial charge in [0.15, 0.2) is 0 Å². The van der Waals surface area contributed by atoms with E-state index in [4.69, 9.17) is 0 Å². The Bertz CT molecular complexity index is 1140. The summed E-state index contributed by atoms with van der Waals surface area (Å²) in [6, 6.07) is 10.2. The van der Waals surface area contributed by atoms with Gasteiger partial charge in [-0.3, -0.25) is 14.5 Å². The summed E-state index contributed by atoms with van der Waals surface area (Å²) in [5, 5.41) is 2.74. The topological polar surface area (TPSA) is 86.8 Å². The van der Waals surface area contributed by atoms with Crippen LogP contribution in [0.25, 0.3) is 0 Å². The number of hydrogen-bond donors (Lipinski definition) is 1. The Hall–Kier alpha value is -2.85. The van der Waals surface area contributed by atoms with Crippen molar-refractivity contribution in [1.29, 1.82) is 0 Å². The molecule has 0 bridgehead atoms. The molecule has 1 aliphatic rings. The summed E-state index contributed by atoms with van der Waals surface area (Å²) in [7, 11) is -4.10. The molecule has 0 unspecified atom stereocenters. The summed E-state index contributed by atoms with van der Waals surface area (Å²) in [5.41, 5.74) is -2.06. The molecule has 2 aromatic rings. The molecule has 0 aromatic heterocycles. The molecule has 1 N–H and O–H groups in total. The van der Waals surface area contributed by atoms with Gasteiger partial charge in [0.1, 0.15) is 17.2 Å². The fourth-order valence-electron chi connectivity index (χ4n) is 3.78. The van der Waals surface area contributed by atoms with Gasteiger partial charge in [-0.15, -0.1) is 0 Å². The SMILES string of the molecule is CC(C)CCNC(=O)[C@@]1(C)CN(S(=O)(=O)c2ccccc2)CC(=O)N1c1ccc(F)cc1F. The van der Waals surface area contributed by atoms with E-state index < -0.39 is 52.1 Å². The van der Waals surface area contributed by atoms with Crippen LogP contribution in [0, 0.1) is 17.6 Å². The van der Waals surface area contributed by atoms with Crippen LogP contribution < -0.4 is 10.2 Å². The zero-order valence-electron chi connectivity index (χ0n) is 18.7. The van der Waals surface area contributed by atoms with E-state index in [-0.39, 0.29) is 10.6 Å². The highest BCUT2D eigenvalue weighted by molar-refractivity contribution is 7.89. The van der Waals surface area contributed by atoms with Crippen molar-refractivity contribution in [1.82, 2.24) is 9.62 Å². The second-order valence-corrected chi connectivity index (χ2v) is 10.6. The summed E-state index contributed by atoms with van der Waals surface area (Å²) in [6.07, 6.45) is 0.659. The van der Waals surface area contributed by atoms with E-state index in [1.165, 1.54) is 19.1 Å². The van der Waals surface area contributed by atoms with Crippen LogP contribution in [-0.4, -0.2) is 49.7 Å². The van der Waals surface area contributed by atoms with Crippen molar-refractivity contribution in [2.24, 2.45) is 5.92 Å². The van der Waals surface area contributed by atoms with E-state index in [0.29, 0.717) is 24.9 Å². The van der Waals surface area contributed by atoms with Crippen LogP contribution in [0.4, 0.5) is 14.5 Å². The Balaban J connectivity index is 2.04. The predicted octanol–water partition coefficient (Wildman–Crippen LogP) is 2.92. The smallest absolute Gasteiger partial charge is 0.247 e. The summed E-state index contributed by atoms with van der Waals surface area (Å²) in [5.74, 6) is -2.99. The first-order valence-corrected chi connectivity index (χ1v) is 12.0. The molecule has 0 radical (unpaired) electrons. The number of sulfonamides is 1. The maximum absolute atomic E-state index is 14.7. The minimum atomic E-state index is -4.10. The molecule has 3 rings (SSSR count). The molecule has 178 valence electrons. The first-order chi connectivity index (χ1) is 15.5. The van der Waals surface area contributed by atoms with E-state index >= 15 is 0 Å². The molecular weight excluding hydrogens is 452 g/mol. The van der Waals surface area contributed by atoms with Crippen LogP contribution in [0.15, 0.2) is 53.4 Å². The normalized spacial score (nSPS) is 19.7. The van der Waals surface area contributed by atoms with E-state index in [9.17, 15) is 26.8 Å². The Labute approximate surface area is 192 Å². The number of amides is 2. The lowest BCUT2D eigenvalue weighted by atomic mass is 9.94. The average Bonchev–Trinajstić information content (AvgIpc) is 2.75. The van der Waals surface area contributed by atoms with Gasteiger partial charge >= 0.3 is 0 Å². The summed E-state index contributed by atoms with van der Waals surface area (Å²) in [6.45, 7) is 4.64. The summed E-state index contributed by atoms with van der Waals surface area (Å²) in [4.78, 5) is 27.4. The van der Waals surface area contributed by atoms with Crippen molar-refractivity contribution >= 4 is 27.5 Å². The number of carbonyl (C=O) groups is 2. The van der Waals surface area contributed by atoms with Gasteiger partial charge in [-0.05, 0) is 43.5 Å². The zero-order valence-corrected chi connectivity index (χ0v) is 19.5. The summed E-state index contributed by atoms with van der Waals surface area (Å²) < 4.78 is 55.5. The monoisotopic (exact) mass is 479 g/mol. The predicted molar refractivity (Wildman–Crippen MR) is 120 cm³/mol. The molecule has 10 heteroatoms. The number of nitrogens with one attached hydrogen (secondary N) is 1. The van der Waals surface area contributed by atoms with Gasteiger partial charge in [-0.25, -0.2) is 17.2 Å². The second-order valence-electron chi connectivity index (χ2n) is 8.62. The number of hydrogen-bond acceptors (Lipinski definition) is 4. The molecule has 0 aliphatic carbocycles. The minimum absolute atomic E-state index is 0.0261. The molecule has 0 spiro atoms. The highest BCUT2D eigenvalue weighted by Gasteiger charge is 2.51. The Kier molecular flexibility index (Phi) is 7.18. The quantitative estimate of drug-likeness (QED) is 0.662. The maximum atomic E-state index is 14.7. The van der Waals surface area contributed by atoms with Gasteiger partial charge in [-0.1, -0.05) is 32.0 Å². The van der Waals surface area contributed by atoms with Crippen molar-refractivity contribution in [3.8, 4) is 0 Å². The third kappa shape index (κ3) is 5.06.